The van der Waals surface area contributed by atoms with Crippen LogP contribution in [0.3, 0.4) is 0 Å². The van der Waals surface area contributed by atoms with Crippen molar-refractivity contribution < 1.29 is 14.6 Å². The number of carbonyl (C=O) groups is 1. The van der Waals surface area contributed by atoms with Crippen molar-refractivity contribution in [3.8, 4) is 0 Å². The monoisotopic (exact) mass is 261 g/mol. The summed E-state index contributed by atoms with van der Waals surface area (Å²) in [5.74, 6) is -0.328. The summed E-state index contributed by atoms with van der Waals surface area (Å²) in [5.41, 5.74) is 3.52. The zero-order valence-corrected chi connectivity index (χ0v) is 11.3. The Morgan fingerprint density at radius 1 is 1.42 bits per heavy atom. The second kappa shape index (κ2) is 5.89. The maximum Gasteiger partial charge on any atom is 0.355 e. The van der Waals surface area contributed by atoms with Crippen LogP contribution in [0.2, 0.25) is 0 Å². The first kappa shape index (κ1) is 13.6. The standard InChI is InChI=1S/C15H19NO3/c1-3-19-15(18)14-11(7-5-9-17)13-10(2)6-4-8-12(13)16-14/h4,6,8,16-17H,3,5,7,9H2,1-2H3. The van der Waals surface area contributed by atoms with Crippen LogP contribution >= 0.6 is 0 Å². The smallest absolute Gasteiger partial charge is 0.355 e. The average Bonchev–Trinajstić information content (AvgIpc) is 2.77. The zero-order valence-electron chi connectivity index (χ0n) is 11.3. The largest absolute Gasteiger partial charge is 0.461 e. The minimum atomic E-state index is -0.328. The van der Waals surface area contributed by atoms with Gasteiger partial charge in [-0.25, -0.2) is 4.79 Å². The van der Waals surface area contributed by atoms with E-state index in [0.717, 1.165) is 22.0 Å². The average molecular weight is 261 g/mol. The molecule has 2 rings (SSSR count). The van der Waals surface area contributed by atoms with Crippen molar-refractivity contribution in [3.05, 3.63) is 35.0 Å². The van der Waals surface area contributed by atoms with Crippen LogP contribution in [0.5, 0.6) is 0 Å². The fourth-order valence-electron chi connectivity index (χ4n) is 2.39. The second-order valence-corrected chi connectivity index (χ2v) is 4.52. The molecule has 2 N–H and O–H groups in total. The molecule has 2 aromatic rings. The first-order valence-corrected chi connectivity index (χ1v) is 6.57. The molecule has 0 unspecified atom stereocenters. The van der Waals surface area contributed by atoms with Gasteiger partial charge in [0.1, 0.15) is 5.69 Å². The van der Waals surface area contributed by atoms with Gasteiger partial charge in [-0.05, 0) is 43.9 Å². The number of aryl methyl sites for hydroxylation is 2. The van der Waals surface area contributed by atoms with Crippen molar-refractivity contribution in [2.24, 2.45) is 0 Å². The van der Waals surface area contributed by atoms with Gasteiger partial charge in [-0.1, -0.05) is 12.1 Å². The van der Waals surface area contributed by atoms with E-state index in [-0.39, 0.29) is 12.6 Å². The summed E-state index contributed by atoms with van der Waals surface area (Å²) in [6.07, 6.45) is 1.29. The van der Waals surface area contributed by atoms with E-state index >= 15 is 0 Å². The maximum absolute atomic E-state index is 12.0. The number of aliphatic hydroxyl groups is 1. The number of esters is 1. The molecule has 1 heterocycles. The molecule has 0 atom stereocenters. The highest BCUT2D eigenvalue weighted by Crippen LogP contribution is 2.27. The highest BCUT2D eigenvalue weighted by molar-refractivity contribution is 5.99. The van der Waals surface area contributed by atoms with Crippen LogP contribution in [-0.2, 0) is 11.2 Å². The molecule has 0 saturated carbocycles. The Hall–Kier alpha value is -1.81. The number of aliphatic hydroxyl groups excluding tert-OH is 1. The van der Waals surface area contributed by atoms with Crippen LogP contribution in [-0.4, -0.2) is 29.3 Å². The van der Waals surface area contributed by atoms with Crippen molar-refractivity contribution in [2.75, 3.05) is 13.2 Å². The topological polar surface area (TPSA) is 62.3 Å². The molecule has 0 amide bonds. The zero-order chi connectivity index (χ0) is 13.8. The third-order valence-electron chi connectivity index (χ3n) is 3.20. The second-order valence-electron chi connectivity index (χ2n) is 4.52. The van der Waals surface area contributed by atoms with Gasteiger partial charge < -0.3 is 14.8 Å². The van der Waals surface area contributed by atoms with E-state index in [1.54, 1.807) is 6.92 Å². The van der Waals surface area contributed by atoms with Crippen molar-refractivity contribution in [1.29, 1.82) is 0 Å². The summed E-state index contributed by atoms with van der Waals surface area (Å²) in [6, 6.07) is 5.93. The van der Waals surface area contributed by atoms with Crippen molar-refractivity contribution in [1.82, 2.24) is 4.98 Å². The Morgan fingerprint density at radius 3 is 2.89 bits per heavy atom. The fourth-order valence-corrected chi connectivity index (χ4v) is 2.39. The number of fused-ring (bicyclic) bond motifs is 1. The van der Waals surface area contributed by atoms with Crippen LogP contribution in [0.25, 0.3) is 10.9 Å². The van der Waals surface area contributed by atoms with Gasteiger partial charge in [0.25, 0.3) is 0 Å². The normalized spacial score (nSPS) is 10.9. The SMILES string of the molecule is CCOC(=O)c1[nH]c2cccc(C)c2c1CCCO. The molecule has 102 valence electrons. The van der Waals surface area contributed by atoms with Crippen LogP contribution in [0, 0.1) is 6.92 Å². The summed E-state index contributed by atoms with van der Waals surface area (Å²) < 4.78 is 5.09. The third-order valence-corrected chi connectivity index (χ3v) is 3.20. The van der Waals surface area contributed by atoms with Crippen LogP contribution in [0.4, 0.5) is 0 Å². The summed E-state index contributed by atoms with van der Waals surface area (Å²) in [6.45, 7) is 4.28. The van der Waals surface area contributed by atoms with E-state index in [1.165, 1.54) is 0 Å². The number of hydrogen-bond donors (Lipinski definition) is 2. The molecule has 0 radical (unpaired) electrons. The number of aromatic nitrogens is 1. The molecular formula is C15H19NO3. The van der Waals surface area contributed by atoms with E-state index in [2.05, 4.69) is 4.98 Å². The Labute approximate surface area is 112 Å². The lowest BCUT2D eigenvalue weighted by molar-refractivity contribution is 0.0519. The molecule has 1 aromatic carbocycles. The van der Waals surface area contributed by atoms with Gasteiger partial charge in [-0.2, -0.15) is 0 Å². The molecule has 0 aliphatic carbocycles. The molecular weight excluding hydrogens is 242 g/mol. The number of carbonyl (C=O) groups excluding carboxylic acids is 1. The predicted octanol–water partition coefficient (Wildman–Crippen LogP) is 2.58. The van der Waals surface area contributed by atoms with E-state index in [1.807, 2.05) is 25.1 Å². The molecule has 0 aliphatic rings. The molecule has 0 fully saturated rings. The highest BCUT2D eigenvalue weighted by Gasteiger charge is 2.19. The summed E-state index contributed by atoms with van der Waals surface area (Å²) in [5, 5.41) is 10.1. The molecule has 4 heteroatoms. The number of rotatable bonds is 5. The lowest BCUT2D eigenvalue weighted by atomic mass is 10.0. The first-order valence-electron chi connectivity index (χ1n) is 6.57. The Morgan fingerprint density at radius 2 is 2.21 bits per heavy atom. The predicted molar refractivity (Wildman–Crippen MR) is 74.4 cm³/mol. The van der Waals surface area contributed by atoms with Gasteiger partial charge in [0.05, 0.1) is 6.61 Å². The van der Waals surface area contributed by atoms with Crippen LogP contribution in [0.1, 0.15) is 35.0 Å². The van der Waals surface area contributed by atoms with Crippen LogP contribution < -0.4 is 0 Å². The quantitative estimate of drug-likeness (QED) is 0.813. The van der Waals surface area contributed by atoms with Gasteiger partial charge >= 0.3 is 5.97 Å². The minimum absolute atomic E-state index is 0.112. The fraction of sp³-hybridized carbons (Fsp3) is 0.400. The number of H-pyrrole nitrogens is 1. The lowest BCUT2D eigenvalue weighted by Crippen LogP contribution is -2.08. The Kier molecular flexibility index (Phi) is 4.22. The molecule has 19 heavy (non-hydrogen) atoms. The van der Waals surface area contributed by atoms with Crippen molar-refractivity contribution >= 4 is 16.9 Å². The van der Waals surface area contributed by atoms with Gasteiger partial charge in [0.2, 0.25) is 0 Å². The van der Waals surface area contributed by atoms with Gasteiger partial charge in [-0.15, -0.1) is 0 Å². The Bertz CT molecular complexity index is 586. The summed E-state index contributed by atoms with van der Waals surface area (Å²) in [4.78, 5) is 15.1. The number of hydrogen-bond acceptors (Lipinski definition) is 3. The van der Waals surface area contributed by atoms with Gasteiger partial charge in [0, 0.05) is 17.5 Å². The molecule has 0 saturated heterocycles. The summed E-state index contributed by atoms with van der Waals surface area (Å²) >= 11 is 0. The molecule has 0 bridgehead atoms. The molecule has 0 aliphatic heterocycles. The minimum Gasteiger partial charge on any atom is -0.461 e. The van der Waals surface area contributed by atoms with E-state index in [9.17, 15) is 4.79 Å². The van der Waals surface area contributed by atoms with E-state index in [0.29, 0.717) is 25.1 Å². The van der Waals surface area contributed by atoms with Crippen molar-refractivity contribution in [3.63, 3.8) is 0 Å². The first-order chi connectivity index (χ1) is 9.19. The number of nitrogens with one attached hydrogen (secondary N) is 1. The van der Waals surface area contributed by atoms with Crippen LogP contribution in [0.15, 0.2) is 18.2 Å². The number of ether oxygens (including phenoxy) is 1. The van der Waals surface area contributed by atoms with E-state index in [4.69, 9.17) is 9.84 Å². The summed E-state index contributed by atoms with van der Waals surface area (Å²) in [7, 11) is 0. The highest BCUT2D eigenvalue weighted by atomic mass is 16.5. The molecule has 4 nitrogen and oxygen atoms in total. The number of benzene rings is 1. The third kappa shape index (κ3) is 2.63. The Balaban J connectivity index is 2.55. The number of aromatic amines is 1. The van der Waals surface area contributed by atoms with Gasteiger partial charge in [-0.3, -0.25) is 0 Å². The molecule has 0 spiro atoms. The molecule has 1 aromatic heterocycles. The van der Waals surface area contributed by atoms with Crippen molar-refractivity contribution in [2.45, 2.75) is 26.7 Å². The maximum atomic E-state index is 12.0. The van der Waals surface area contributed by atoms with E-state index < -0.39 is 0 Å². The lowest BCUT2D eigenvalue weighted by Gasteiger charge is -2.05. The van der Waals surface area contributed by atoms with Gasteiger partial charge in [0.15, 0.2) is 0 Å².